The third kappa shape index (κ3) is 2.38. The Kier molecular flexibility index (Phi) is 3.19. The third-order valence-electron chi connectivity index (χ3n) is 2.15. The van der Waals surface area contributed by atoms with Gasteiger partial charge < -0.3 is 5.11 Å². The van der Waals surface area contributed by atoms with E-state index in [0.717, 1.165) is 14.8 Å². The number of hydrogen-bond acceptors (Lipinski definition) is 2. The van der Waals surface area contributed by atoms with Crippen LogP contribution in [0.25, 0.3) is 11.3 Å². The van der Waals surface area contributed by atoms with Crippen LogP contribution in [0.5, 0.6) is 0 Å². The Balaban J connectivity index is 2.34. The van der Waals surface area contributed by atoms with Crippen LogP contribution < -0.4 is 0 Å². The average Bonchev–Trinajstić information content (AvgIpc) is 2.30. The van der Waals surface area contributed by atoms with E-state index in [9.17, 15) is 4.79 Å². The van der Waals surface area contributed by atoms with Gasteiger partial charge in [0.15, 0.2) is 0 Å². The standard InChI is InChI=1S/C12H8INO2/c13-10-4-1-8(2-5-10)11-6-3-9(7-14-11)12(15)16/h1-7H,(H,15,16). The van der Waals surface area contributed by atoms with Gasteiger partial charge in [0.2, 0.25) is 0 Å². The fourth-order valence-corrected chi connectivity index (χ4v) is 1.67. The lowest BCUT2D eigenvalue weighted by atomic mass is 10.1. The van der Waals surface area contributed by atoms with Gasteiger partial charge in [-0.25, -0.2) is 4.79 Å². The third-order valence-corrected chi connectivity index (χ3v) is 2.87. The van der Waals surface area contributed by atoms with Gasteiger partial charge >= 0.3 is 5.97 Å². The average molecular weight is 325 g/mol. The first-order chi connectivity index (χ1) is 7.66. The summed E-state index contributed by atoms with van der Waals surface area (Å²) < 4.78 is 1.16. The van der Waals surface area contributed by atoms with Crippen molar-refractivity contribution in [3.8, 4) is 11.3 Å². The highest BCUT2D eigenvalue weighted by Crippen LogP contribution is 2.18. The van der Waals surface area contributed by atoms with Crippen LogP contribution in [-0.4, -0.2) is 16.1 Å². The molecule has 0 spiro atoms. The fourth-order valence-electron chi connectivity index (χ4n) is 1.31. The summed E-state index contributed by atoms with van der Waals surface area (Å²) in [5.41, 5.74) is 1.97. The van der Waals surface area contributed by atoms with Crippen LogP contribution >= 0.6 is 22.6 Å². The van der Waals surface area contributed by atoms with Gasteiger partial charge in [-0.3, -0.25) is 4.98 Å². The van der Waals surface area contributed by atoms with Crippen LogP contribution in [0.2, 0.25) is 0 Å². The number of rotatable bonds is 2. The quantitative estimate of drug-likeness (QED) is 0.864. The first-order valence-corrected chi connectivity index (χ1v) is 5.70. The lowest BCUT2D eigenvalue weighted by molar-refractivity contribution is 0.0696. The molecule has 1 aromatic carbocycles. The fraction of sp³-hybridized carbons (Fsp3) is 0. The van der Waals surface area contributed by atoms with E-state index in [-0.39, 0.29) is 5.56 Å². The van der Waals surface area contributed by atoms with Gasteiger partial charge in [0.05, 0.1) is 11.3 Å². The van der Waals surface area contributed by atoms with Gasteiger partial charge in [-0.15, -0.1) is 0 Å². The Hall–Kier alpha value is -1.43. The van der Waals surface area contributed by atoms with E-state index in [2.05, 4.69) is 27.6 Å². The van der Waals surface area contributed by atoms with Gasteiger partial charge in [0.25, 0.3) is 0 Å². The lowest BCUT2D eigenvalue weighted by Crippen LogP contribution is -1.96. The zero-order valence-electron chi connectivity index (χ0n) is 8.22. The molecule has 0 aliphatic heterocycles. The second-order valence-corrected chi connectivity index (χ2v) is 4.49. The zero-order chi connectivity index (χ0) is 11.5. The molecule has 0 amide bonds. The number of aromatic nitrogens is 1. The largest absolute Gasteiger partial charge is 0.478 e. The second kappa shape index (κ2) is 4.61. The topological polar surface area (TPSA) is 50.2 Å². The molecule has 0 aliphatic rings. The molecule has 80 valence electrons. The Morgan fingerprint density at radius 2 is 1.81 bits per heavy atom. The molecule has 1 N–H and O–H groups in total. The van der Waals surface area contributed by atoms with Crippen LogP contribution in [0.15, 0.2) is 42.6 Å². The van der Waals surface area contributed by atoms with Crippen molar-refractivity contribution in [3.05, 3.63) is 51.7 Å². The Bertz CT molecular complexity index is 506. The molecule has 1 aromatic heterocycles. The van der Waals surface area contributed by atoms with Crippen LogP contribution in [0, 0.1) is 3.57 Å². The molecule has 2 rings (SSSR count). The summed E-state index contributed by atoms with van der Waals surface area (Å²) in [6.07, 6.45) is 1.37. The number of nitrogens with zero attached hydrogens (tertiary/aromatic N) is 1. The monoisotopic (exact) mass is 325 g/mol. The Morgan fingerprint density at radius 3 is 2.31 bits per heavy atom. The number of halogens is 1. The Morgan fingerprint density at radius 1 is 1.12 bits per heavy atom. The van der Waals surface area contributed by atoms with E-state index >= 15 is 0 Å². The van der Waals surface area contributed by atoms with Gasteiger partial charge in [-0.1, -0.05) is 12.1 Å². The molecule has 0 atom stereocenters. The van der Waals surface area contributed by atoms with E-state index in [1.807, 2.05) is 24.3 Å². The molecule has 0 bridgehead atoms. The molecular formula is C12H8INO2. The lowest BCUT2D eigenvalue weighted by Gasteiger charge is -2.01. The van der Waals surface area contributed by atoms with E-state index in [0.29, 0.717) is 0 Å². The van der Waals surface area contributed by atoms with Gasteiger partial charge in [0, 0.05) is 15.3 Å². The van der Waals surface area contributed by atoms with E-state index < -0.39 is 5.97 Å². The SMILES string of the molecule is O=C(O)c1ccc(-c2ccc(I)cc2)nc1. The summed E-state index contributed by atoms with van der Waals surface area (Å²) >= 11 is 2.23. The smallest absolute Gasteiger partial charge is 0.337 e. The number of carboxylic acid groups (broad SMARTS) is 1. The van der Waals surface area contributed by atoms with Crippen molar-refractivity contribution in [1.29, 1.82) is 0 Å². The molecule has 16 heavy (non-hydrogen) atoms. The number of carboxylic acids is 1. The predicted molar refractivity (Wildman–Crippen MR) is 69.3 cm³/mol. The molecule has 4 heteroatoms. The van der Waals surface area contributed by atoms with Gasteiger partial charge in [0.1, 0.15) is 0 Å². The normalized spacial score (nSPS) is 10.1. The van der Waals surface area contributed by atoms with Crippen molar-refractivity contribution in [2.24, 2.45) is 0 Å². The maximum atomic E-state index is 10.7. The molecule has 0 saturated carbocycles. The summed E-state index contributed by atoms with van der Waals surface area (Å²) in [6, 6.07) is 11.2. The molecule has 3 nitrogen and oxygen atoms in total. The number of pyridine rings is 1. The van der Waals surface area contributed by atoms with Crippen LogP contribution in [0.4, 0.5) is 0 Å². The minimum atomic E-state index is -0.957. The van der Waals surface area contributed by atoms with Crippen molar-refractivity contribution in [3.63, 3.8) is 0 Å². The molecule has 0 fully saturated rings. The summed E-state index contributed by atoms with van der Waals surface area (Å²) in [7, 11) is 0. The van der Waals surface area contributed by atoms with Crippen molar-refractivity contribution >= 4 is 28.6 Å². The minimum absolute atomic E-state index is 0.203. The number of carbonyl (C=O) groups is 1. The maximum Gasteiger partial charge on any atom is 0.337 e. The predicted octanol–water partition coefficient (Wildman–Crippen LogP) is 3.05. The number of aromatic carboxylic acids is 1. The summed E-state index contributed by atoms with van der Waals surface area (Å²) in [6.45, 7) is 0. The van der Waals surface area contributed by atoms with Gasteiger partial charge in [-0.05, 0) is 46.9 Å². The second-order valence-electron chi connectivity index (χ2n) is 3.24. The Labute approximate surface area is 106 Å². The zero-order valence-corrected chi connectivity index (χ0v) is 10.4. The highest BCUT2D eigenvalue weighted by atomic mass is 127. The molecule has 0 saturated heterocycles. The first-order valence-electron chi connectivity index (χ1n) is 4.62. The highest BCUT2D eigenvalue weighted by Gasteiger charge is 2.04. The molecule has 0 unspecified atom stereocenters. The number of hydrogen-bond donors (Lipinski definition) is 1. The van der Waals surface area contributed by atoms with Crippen molar-refractivity contribution < 1.29 is 9.90 Å². The molecule has 2 aromatic rings. The van der Waals surface area contributed by atoms with Crippen LogP contribution in [0.1, 0.15) is 10.4 Å². The number of benzene rings is 1. The van der Waals surface area contributed by atoms with E-state index in [1.165, 1.54) is 6.20 Å². The molecular weight excluding hydrogens is 317 g/mol. The molecule has 1 heterocycles. The van der Waals surface area contributed by atoms with Crippen molar-refractivity contribution in [2.75, 3.05) is 0 Å². The summed E-state index contributed by atoms with van der Waals surface area (Å²) in [4.78, 5) is 14.8. The van der Waals surface area contributed by atoms with Crippen molar-refractivity contribution in [2.45, 2.75) is 0 Å². The van der Waals surface area contributed by atoms with Crippen molar-refractivity contribution in [1.82, 2.24) is 4.98 Å². The van der Waals surface area contributed by atoms with Crippen LogP contribution in [-0.2, 0) is 0 Å². The van der Waals surface area contributed by atoms with Gasteiger partial charge in [-0.2, -0.15) is 0 Å². The highest BCUT2D eigenvalue weighted by molar-refractivity contribution is 14.1. The summed E-state index contributed by atoms with van der Waals surface area (Å²) in [5, 5.41) is 8.74. The molecule has 0 aliphatic carbocycles. The minimum Gasteiger partial charge on any atom is -0.478 e. The maximum absolute atomic E-state index is 10.7. The summed E-state index contributed by atoms with van der Waals surface area (Å²) in [5.74, 6) is -0.957. The first kappa shape index (κ1) is 11.1. The van der Waals surface area contributed by atoms with E-state index in [1.54, 1.807) is 12.1 Å². The molecule has 0 radical (unpaired) electrons. The van der Waals surface area contributed by atoms with Crippen LogP contribution in [0.3, 0.4) is 0 Å². The van der Waals surface area contributed by atoms with E-state index in [4.69, 9.17) is 5.11 Å².